The summed E-state index contributed by atoms with van der Waals surface area (Å²) >= 11 is 0.973. The number of thiophene rings is 1. The van der Waals surface area contributed by atoms with Gasteiger partial charge in [0.25, 0.3) is 5.91 Å². The van der Waals surface area contributed by atoms with Crippen LogP contribution in [0.2, 0.25) is 0 Å². The highest BCUT2D eigenvalue weighted by Gasteiger charge is 2.28. The van der Waals surface area contributed by atoms with Crippen LogP contribution in [0, 0.1) is 0 Å². The van der Waals surface area contributed by atoms with Gasteiger partial charge in [-0.15, -0.1) is 11.3 Å². The zero-order valence-corrected chi connectivity index (χ0v) is 20.0. The number of aliphatic carboxylic acids is 1. The number of carboxylic acid groups (broad SMARTS) is 2. The number of carboxylic acids is 2. The van der Waals surface area contributed by atoms with Crippen LogP contribution in [-0.4, -0.2) is 51.3 Å². The Bertz CT molecular complexity index is 1260. The second-order valence-corrected chi connectivity index (χ2v) is 8.74. The molecule has 188 valence electrons. The maximum Gasteiger partial charge on any atom is 0.348 e. The zero-order valence-electron chi connectivity index (χ0n) is 19.2. The van der Waals surface area contributed by atoms with Gasteiger partial charge in [0.05, 0.1) is 11.7 Å². The number of aliphatic hydroxyl groups is 1. The van der Waals surface area contributed by atoms with Gasteiger partial charge in [0, 0.05) is 11.3 Å². The topological polar surface area (TPSA) is 165 Å². The van der Waals surface area contributed by atoms with Gasteiger partial charge in [0.2, 0.25) is 0 Å². The largest absolute Gasteiger partial charge is 0.479 e. The quantitative estimate of drug-likeness (QED) is 0.243. The lowest BCUT2D eigenvalue weighted by Gasteiger charge is -2.22. The average molecular weight is 512 g/mol. The molecule has 0 fully saturated rings. The van der Waals surface area contributed by atoms with Crippen molar-refractivity contribution in [3.63, 3.8) is 0 Å². The number of rotatable bonds is 10. The Morgan fingerprint density at radius 2 is 1.64 bits per heavy atom. The molecule has 0 aliphatic carbocycles. The number of aliphatic hydroxyl groups excluding tert-OH is 1. The van der Waals surface area contributed by atoms with Crippen LogP contribution in [0.3, 0.4) is 0 Å². The normalized spacial score (nSPS) is 12.3. The van der Waals surface area contributed by atoms with Crippen molar-refractivity contribution in [2.24, 2.45) is 0 Å². The van der Waals surface area contributed by atoms with Crippen LogP contribution in [0.1, 0.15) is 38.1 Å². The van der Waals surface area contributed by atoms with Crippen LogP contribution in [0.25, 0.3) is 0 Å². The third kappa shape index (κ3) is 6.68. The summed E-state index contributed by atoms with van der Waals surface area (Å²) in [6.45, 7) is 1.86. The number of anilines is 2. The fourth-order valence-corrected chi connectivity index (χ4v) is 4.21. The summed E-state index contributed by atoms with van der Waals surface area (Å²) in [5, 5.41) is 37.9. The molecule has 0 bridgehead atoms. The predicted octanol–water partition coefficient (Wildman–Crippen LogP) is 3.44. The summed E-state index contributed by atoms with van der Waals surface area (Å²) in [5.41, 5.74) is 2.06. The molecule has 0 radical (unpaired) electrons. The van der Waals surface area contributed by atoms with Gasteiger partial charge in [0.15, 0.2) is 6.10 Å². The molecule has 0 aliphatic rings. The molecule has 3 amide bonds. The number of aromatic carboxylic acids is 1. The van der Waals surface area contributed by atoms with E-state index >= 15 is 0 Å². The second-order valence-electron chi connectivity index (χ2n) is 7.83. The molecule has 0 saturated heterocycles. The number of amides is 3. The molecule has 3 rings (SSSR count). The molecular formula is C25H25N3O7S. The number of urea groups is 1. The highest BCUT2D eigenvalue weighted by molar-refractivity contribution is 7.12. The first-order valence-corrected chi connectivity index (χ1v) is 11.8. The van der Waals surface area contributed by atoms with E-state index in [1.54, 1.807) is 41.8 Å². The molecule has 0 unspecified atom stereocenters. The van der Waals surface area contributed by atoms with E-state index in [0.29, 0.717) is 12.1 Å². The highest BCUT2D eigenvalue weighted by Crippen LogP contribution is 2.24. The minimum Gasteiger partial charge on any atom is -0.479 e. The Labute approximate surface area is 210 Å². The van der Waals surface area contributed by atoms with E-state index in [1.165, 1.54) is 18.2 Å². The molecule has 10 nitrogen and oxygen atoms in total. The molecule has 1 aromatic heterocycles. The fourth-order valence-electron chi connectivity index (χ4n) is 3.53. The Hall–Kier alpha value is -4.22. The van der Waals surface area contributed by atoms with Crippen molar-refractivity contribution >= 4 is 46.6 Å². The predicted molar refractivity (Wildman–Crippen MR) is 135 cm³/mol. The van der Waals surface area contributed by atoms with E-state index in [0.717, 1.165) is 22.5 Å². The minimum absolute atomic E-state index is 0.0181. The number of nitrogens with one attached hydrogen (secondary N) is 3. The van der Waals surface area contributed by atoms with E-state index in [4.69, 9.17) is 0 Å². The summed E-state index contributed by atoms with van der Waals surface area (Å²) in [6, 6.07) is 13.1. The van der Waals surface area contributed by atoms with Gasteiger partial charge >= 0.3 is 18.0 Å². The molecule has 2 aromatic carbocycles. The van der Waals surface area contributed by atoms with Crippen LogP contribution in [0.5, 0.6) is 0 Å². The first-order valence-electron chi connectivity index (χ1n) is 11.0. The van der Waals surface area contributed by atoms with Crippen molar-refractivity contribution in [3.05, 3.63) is 81.5 Å². The van der Waals surface area contributed by atoms with Crippen LogP contribution >= 0.6 is 11.3 Å². The van der Waals surface area contributed by atoms with E-state index in [2.05, 4.69) is 16.0 Å². The maximum atomic E-state index is 13.0. The van der Waals surface area contributed by atoms with Gasteiger partial charge in [-0.3, -0.25) is 4.79 Å². The Morgan fingerprint density at radius 3 is 2.28 bits per heavy atom. The molecule has 2 atom stereocenters. The Morgan fingerprint density at radius 1 is 0.944 bits per heavy atom. The SMILES string of the molecule is CCc1ccc(C(=O)N[C@H](Cc2ccccc2)[C@@H](O)C(=O)O)cc1NC(=O)Nc1ccsc1C(=O)O. The molecule has 36 heavy (non-hydrogen) atoms. The Balaban J connectivity index is 1.78. The summed E-state index contributed by atoms with van der Waals surface area (Å²) in [5.74, 6) is -3.26. The van der Waals surface area contributed by atoms with Gasteiger partial charge in [-0.1, -0.05) is 43.3 Å². The maximum absolute atomic E-state index is 13.0. The zero-order chi connectivity index (χ0) is 26.2. The number of hydrogen-bond acceptors (Lipinski definition) is 6. The average Bonchev–Trinajstić information content (AvgIpc) is 3.32. The number of aryl methyl sites for hydroxylation is 1. The molecule has 11 heteroatoms. The smallest absolute Gasteiger partial charge is 0.348 e. The lowest BCUT2D eigenvalue weighted by atomic mass is 10.00. The third-order valence-electron chi connectivity index (χ3n) is 5.36. The van der Waals surface area contributed by atoms with Gasteiger partial charge < -0.3 is 31.3 Å². The summed E-state index contributed by atoms with van der Waals surface area (Å²) < 4.78 is 0. The Kier molecular flexibility index (Phi) is 8.76. The van der Waals surface area contributed by atoms with Crippen molar-refractivity contribution in [2.45, 2.75) is 31.9 Å². The lowest BCUT2D eigenvalue weighted by molar-refractivity contribution is -0.148. The fraction of sp³-hybridized carbons (Fsp3) is 0.200. The summed E-state index contributed by atoms with van der Waals surface area (Å²) in [7, 11) is 0. The third-order valence-corrected chi connectivity index (χ3v) is 6.26. The summed E-state index contributed by atoms with van der Waals surface area (Å²) in [6.07, 6.45) is -1.21. The molecule has 3 aromatic rings. The molecule has 0 aliphatic heterocycles. The molecule has 1 heterocycles. The van der Waals surface area contributed by atoms with Crippen LogP contribution in [-0.2, 0) is 17.6 Å². The molecule has 0 saturated carbocycles. The highest BCUT2D eigenvalue weighted by atomic mass is 32.1. The van der Waals surface area contributed by atoms with Crippen molar-refractivity contribution in [1.82, 2.24) is 5.32 Å². The van der Waals surface area contributed by atoms with Crippen molar-refractivity contribution in [2.75, 3.05) is 10.6 Å². The van der Waals surface area contributed by atoms with Crippen molar-refractivity contribution < 1.29 is 34.5 Å². The molecular weight excluding hydrogens is 486 g/mol. The molecule has 0 spiro atoms. The molecule has 6 N–H and O–H groups in total. The number of carbonyl (C=O) groups excluding carboxylic acids is 2. The van der Waals surface area contributed by atoms with Gasteiger partial charge in [-0.25, -0.2) is 14.4 Å². The van der Waals surface area contributed by atoms with Crippen LogP contribution < -0.4 is 16.0 Å². The van der Waals surface area contributed by atoms with Crippen molar-refractivity contribution in [1.29, 1.82) is 0 Å². The van der Waals surface area contributed by atoms with E-state index < -0.39 is 36.0 Å². The van der Waals surface area contributed by atoms with Crippen molar-refractivity contribution in [3.8, 4) is 0 Å². The number of carbonyl (C=O) groups is 4. The van der Waals surface area contributed by atoms with E-state index in [1.807, 2.05) is 6.92 Å². The van der Waals surface area contributed by atoms with Gasteiger partial charge in [0.1, 0.15) is 4.88 Å². The number of benzene rings is 2. The van der Waals surface area contributed by atoms with E-state index in [9.17, 15) is 34.5 Å². The van der Waals surface area contributed by atoms with Gasteiger partial charge in [-0.05, 0) is 47.5 Å². The second kappa shape index (κ2) is 12.0. The monoisotopic (exact) mass is 511 g/mol. The van der Waals surface area contributed by atoms with E-state index in [-0.39, 0.29) is 22.5 Å². The first-order chi connectivity index (χ1) is 17.2. The summed E-state index contributed by atoms with van der Waals surface area (Å²) in [4.78, 5) is 48.2. The standard InChI is InChI=1S/C25H25N3O7S/c1-2-15-8-9-16(13-18(15)28-25(35)27-17-10-11-36-21(17)24(33)34)22(30)26-19(20(29)23(31)32)12-14-6-4-3-5-7-14/h3-11,13,19-20,29H,2,12H2,1H3,(H,26,30)(H,31,32)(H,33,34)(H2,27,28,35)/t19-,20-/m1/s1. The number of hydrogen-bond donors (Lipinski definition) is 6. The van der Waals surface area contributed by atoms with Crippen LogP contribution in [0.4, 0.5) is 16.2 Å². The van der Waals surface area contributed by atoms with Crippen LogP contribution in [0.15, 0.2) is 60.0 Å². The lowest BCUT2D eigenvalue weighted by Crippen LogP contribution is -2.48. The first kappa shape index (κ1) is 26.4. The van der Waals surface area contributed by atoms with Gasteiger partial charge in [-0.2, -0.15) is 0 Å². The minimum atomic E-state index is -1.83.